The molecule has 106 valence electrons. The molecule has 0 saturated heterocycles. The number of halogens is 1. The van der Waals surface area contributed by atoms with Crippen LogP contribution in [0, 0.1) is 12.7 Å². The van der Waals surface area contributed by atoms with E-state index in [0.29, 0.717) is 25.3 Å². The first-order chi connectivity index (χ1) is 9.65. The van der Waals surface area contributed by atoms with E-state index < -0.39 is 0 Å². The molecule has 3 nitrogen and oxygen atoms in total. The van der Waals surface area contributed by atoms with Crippen molar-refractivity contribution in [1.29, 1.82) is 0 Å². The lowest BCUT2D eigenvalue weighted by Crippen LogP contribution is -2.20. The van der Waals surface area contributed by atoms with E-state index in [-0.39, 0.29) is 11.6 Å². The van der Waals surface area contributed by atoms with Gasteiger partial charge in [-0.1, -0.05) is 12.1 Å². The van der Waals surface area contributed by atoms with E-state index >= 15 is 0 Å². The third-order valence-corrected chi connectivity index (χ3v) is 2.89. The van der Waals surface area contributed by atoms with Crippen molar-refractivity contribution < 1.29 is 14.2 Å². The molecule has 0 aromatic heterocycles. The quantitative estimate of drug-likeness (QED) is 0.796. The maximum absolute atomic E-state index is 13.0. The van der Waals surface area contributed by atoms with Crippen LogP contribution in [0.5, 0.6) is 11.5 Å². The molecule has 4 heteroatoms. The molecule has 0 bridgehead atoms. The van der Waals surface area contributed by atoms with Crippen molar-refractivity contribution >= 4 is 0 Å². The summed E-state index contributed by atoms with van der Waals surface area (Å²) < 4.78 is 18.6. The van der Waals surface area contributed by atoms with Gasteiger partial charge in [0.2, 0.25) is 0 Å². The summed E-state index contributed by atoms with van der Waals surface area (Å²) in [4.78, 5) is 0. The second kappa shape index (κ2) is 6.91. The highest BCUT2D eigenvalue weighted by Crippen LogP contribution is 2.17. The maximum atomic E-state index is 13.0. The van der Waals surface area contributed by atoms with Gasteiger partial charge < -0.3 is 15.2 Å². The van der Waals surface area contributed by atoms with E-state index in [0.717, 1.165) is 11.3 Å². The van der Waals surface area contributed by atoms with Crippen molar-refractivity contribution in [3.63, 3.8) is 0 Å². The van der Waals surface area contributed by atoms with Crippen LogP contribution in [-0.2, 0) is 6.54 Å². The molecular weight excluding hydrogens is 257 g/mol. The van der Waals surface area contributed by atoms with Crippen LogP contribution in [0.2, 0.25) is 0 Å². The van der Waals surface area contributed by atoms with Gasteiger partial charge in [0.1, 0.15) is 23.9 Å². The van der Waals surface area contributed by atoms with Crippen LogP contribution in [0.4, 0.5) is 4.39 Å². The van der Waals surface area contributed by atoms with Crippen molar-refractivity contribution in [2.75, 3.05) is 13.2 Å². The van der Waals surface area contributed by atoms with Crippen LogP contribution in [0.15, 0.2) is 42.5 Å². The minimum absolute atomic E-state index is 0.0958. The Balaban J connectivity index is 1.73. The zero-order valence-electron chi connectivity index (χ0n) is 11.4. The number of benzene rings is 2. The standard InChI is InChI=1S/C16H18FNO2/c1-12-3-2-4-15(9-12)20-8-7-18-11-13-10-14(17)5-6-16(13)19/h2-6,9-10,18-19H,7-8,11H2,1H3. The Bertz CT molecular complexity index is 572. The first kappa shape index (κ1) is 14.3. The number of aromatic hydroxyl groups is 1. The SMILES string of the molecule is Cc1cccc(OCCNCc2cc(F)ccc2O)c1. The first-order valence-electron chi connectivity index (χ1n) is 6.53. The Morgan fingerprint density at radius 1 is 1.20 bits per heavy atom. The fourth-order valence-corrected chi connectivity index (χ4v) is 1.86. The molecule has 20 heavy (non-hydrogen) atoms. The summed E-state index contributed by atoms with van der Waals surface area (Å²) in [5.74, 6) is 0.578. The van der Waals surface area contributed by atoms with Gasteiger partial charge in [-0.15, -0.1) is 0 Å². The van der Waals surface area contributed by atoms with Gasteiger partial charge in [0.05, 0.1) is 0 Å². The summed E-state index contributed by atoms with van der Waals surface area (Å²) in [5.41, 5.74) is 1.70. The van der Waals surface area contributed by atoms with E-state index in [1.165, 1.54) is 18.2 Å². The van der Waals surface area contributed by atoms with E-state index in [1.807, 2.05) is 31.2 Å². The number of hydrogen-bond acceptors (Lipinski definition) is 3. The van der Waals surface area contributed by atoms with Crippen LogP contribution in [-0.4, -0.2) is 18.3 Å². The largest absolute Gasteiger partial charge is 0.508 e. The number of ether oxygens (including phenoxy) is 1. The summed E-state index contributed by atoms with van der Waals surface area (Å²) in [6, 6.07) is 11.8. The van der Waals surface area contributed by atoms with Gasteiger partial charge in [-0.2, -0.15) is 0 Å². The minimum atomic E-state index is -0.351. The molecule has 0 amide bonds. The molecule has 0 aliphatic rings. The maximum Gasteiger partial charge on any atom is 0.123 e. The lowest BCUT2D eigenvalue weighted by molar-refractivity contribution is 0.313. The lowest BCUT2D eigenvalue weighted by atomic mass is 10.2. The van der Waals surface area contributed by atoms with Crippen LogP contribution in [0.3, 0.4) is 0 Å². The molecule has 2 aromatic rings. The molecule has 2 rings (SSSR count). The second-order valence-electron chi connectivity index (χ2n) is 4.61. The summed E-state index contributed by atoms with van der Waals surface area (Å²) in [5, 5.41) is 12.7. The molecule has 0 saturated carbocycles. The minimum Gasteiger partial charge on any atom is -0.508 e. The van der Waals surface area contributed by atoms with E-state index in [1.54, 1.807) is 0 Å². The van der Waals surface area contributed by atoms with Crippen molar-refractivity contribution in [3.05, 3.63) is 59.4 Å². The molecule has 0 heterocycles. The van der Waals surface area contributed by atoms with Crippen LogP contribution in [0.1, 0.15) is 11.1 Å². The number of nitrogens with one attached hydrogen (secondary N) is 1. The molecule has 0 spiro atoms. The number of phenolic OH excluding ortho intramolecular Hbond substituents is 1. The molecule has 0 radical (unpaired) electrons. The summed E-state index contributed by atoms with van der Waals surface area (Å²) >= 11 is 0. The number of phenols is 1. The fourth-order valence-electron chi connectivity index (χ4n) is 1.86. The summed E-state index contributed by atoms with van der Waals surface area (Å²) in [7, 11) is 0. The predicted octanol–water partition coefficient (Wildman–Crippen LogP) is 3.01. The molecule has 0 aliphatic heterocycles. The fraction of sp³-hybridized carbons (Fsp3) is 0.250. The molecule has 2 N–H and O–H groups in total. The van der Waals surface area contributed by atoms with Crippen molar-refractivity contribution in [1.82, 2.24) is 5.32 Å². The van der Waals surface area contributed by atoms with Gasteiger partial charge in [-0.25, -0.2) is 4.39 Å². The monoisotopic (exact) mass is 275 g/mol. The molecule has 0 aliphatic carbocycles. The van der Waals surface area contributed by atoms with E-state index in [9.17, 15) is 9.50 Å². The smallest absolute Gasteiger partial charge is 0.123 e. The topological polar surface area (TPSA) is 41.5 Å². The van der Waals surface area contributed by atoms with Crippen LogP contribution >= 0.6 is 0 Å². The van der Waals surface area contributed by atoms with Gasteiger partial charge in [0.25, 0.3) is 0 Å². The molecule has 2 aromatic carbocycles. The molecule has 0 unspecified atom stereocenters. The average molecular weight is 275 g/mol. The third kappa shape index (κ3) is 4.24. The Morgan fingerprint density at radius 3 is 2.85 bits per heavy atom. The Kier molecular flexibility index (Phi) is 4.96. The van der Waals surface area contributed by atoms with E-state index in [2.05, 4.69) is 5.32 Å². The normalized spacial score (nSPS) is 10.5. The van der Waals surface area contributed by atoms with Gasteiger partial charge >= 0.3 is 0 Å². The first-order valence-corrected chi connectivity index (χ1v) is 6.53. The lowest BCUT2D eigenvalue weighted by Gasteiger charge is -2.09. The van der Waals surface area contributed by atoms with Gasteiger partial charge in [0, 0.05) is 18.7 Å². The Morgan fingerprint density at radius 2 is 2.05 bits per heavy atom. The number of aryl methyl sites for hydroxylation is 1. The number of rotatable bonds is 6. The zero-order valence-corrected chi connectivity index (χ0v) is 11.4. The van der Waals surface area contributed by atoms with Crippen molar-refractivity contribution in [2.24, 2.45) is 0 Å². The molecule has 0 fully saturated rings. The van der Waals surface area contributed by atoms with Gasteiger partial charge in [-0.05, 0) is 42.8 Å². The van der Waals surface area contributed by atoms with Crippen LogP contribution < -0.4 is 10.1 Å². The average Bonchev–Trinajstić information content (AvgIpc) is 2.42. The van der Waals surface area contributed by atoms with Crippen molar-refractivity contribution in [3.8, 4) is 11.5 Å². The Hall–Kier alpha value is -2.07. The van der Waals surface area contributed by atoms with Crippen LogP contribution in [0.25, 0.3) is 0 Å². The van der Waals surface area contributed by atoms with E-state index in [4.69, 9.17) is 4.74 Å². The second-order valence-corrected chi connectivity index (χ2v) is 4.61. The highest BCUT2D eigenvalue weighted by atomic mass is 19.1. The van der Waals surface area contributed by atoms with Gasteiger partial charge in [-0.3, -0.25) is 0 Å². The van der Waals surface area contributed by atoms with Gasteiger partial charge in [0.15, 0.2) is 0 Å². The third-order valence-electron chi connectivity index (χ3n) is 2.89. The highest BCUT2D eigenvalue weighted by Gasteiger charge is 2.02. The number of hydrogen-bond donors (Lipinski definition) is 2. The highest BCUT2D eigenvalue weighted by molar-refractivity contribution is 5.32. The summed E-state index contributed by atoms with van der Waals surface area (Å²) in [6.45, 7) is 3.54. The molecule has 0 atom stereocenters. The molecular formula is C16H18FNO2. The van der Waals surface area contributed by atoms with Crippen molar-refractivity contribution in [2.45, 2.75) is 13.5 Å². The summed E-state index contributed by atoms with van der Waals surface area (Å²) in [6.07, 6.45) is 0. The predicted molar refractivity (Wildman–Crippen MR) is 76.4 cm³/mol. The zero-order chi connectivity index (χ0) is 14.4. The Labute approximate surface area is 118 Å².